The van der Waals surface area contributed by atoms with E-state index < -0.39 is 6.04 Å². The molecule has 1 N–H and O–H groups in total. The number of halogens is 1. The number of hydrogen-bond acceptors (Lipinski definition) is 4. The second-order valence-electron chi connectivity index (χ2n) is 5.20. The second-order valence-corrected chi connectivity index (χ2v) is 6.59. The van der Waals surface area contributed by atoms with E-state index in [1.807, 2.05) is 36.6 Å². The summed E-state index contributed by atoms with van der Waals surface area (Å²) in [6, 6.07) is 8.92. The fourth-order valence-electron chi connectivity index (χ4n) is 2.07. The van der Waals surface area contributed by atoms with E-state index in [9.17, 15) is 9.59 Å². The third kappa shape index (κ3) is 5.22. The van der Waals surface area contributed by atoms with E-state index in [0.717, 1.165) is 16.0 Å². The van der Waals surface area contributed by atoms with Crippen molar-refractivity contribution in [1.29, 1.82) is 0 Å². The minimum atomic E-state index is -0.406. The Bertz CT molecular complexity index is 741. The summed E-state index contributed by atoms with van der Waals surface area (Å²) in [5.41, 5.74) is 1.82. The van der Waals surface area contributed by atoms with Crippen molar-refractivity contribution in [1.82, 2.24) is 5.32 Å². The Morgan fingerprint density at radius 3 is 2.79 bits per heavy atom. The number of thiophene rings is 1. The Labute approximate surface area is 150 Å². The smallest absolute Gasteiger partial charge is 0.307 e. The number of benzene rings is 1. The Morgan fingerprint density at radius 1 is 1.38 bits per heavy atom. The lowest BCUT2D eigenvalue weighted by Crippen LogP contribution is -2.28. The van der Waals surface area contributed by atoms with E-state index in [0.29, 0.717) is 5.02 Å². The van der Waals surface area contributed by atoms with Gasteiger partial charge in [0.2, 0.25) is 5.91 Å². The monoisotopic (exact) mass is 363 g/mol. The molecule has 2 aromatic rings. The van der Waals surface area contributed by atoms with Crippen LogP contribution in [0.4, 0.5) is 0 Å². The molecule has 0 aliphatic heterocycles. The molecule has 1 aromatic heterocycles. The molecule has 0 saturated carbocycles. The van der Waals surface area contributed by atoms with Crippen LogP contribution in [0.2, 0.25) is 5.02 Å². The molecule has 126 valence electrons. The molecule has 24 heavy (non-hydrogen) atoms. The first-order valence-electron chi connectivity index (χ1n) is 7.34. The second kappa shape index (κ2) is 8.66. The highest BCUT2D eigenvalue weighted by atomic mass is 35.5. The minimum absolute atomic E-state index is 0.0902. The van der Waals surface area contributed by atoms with Gasteiger partial charge >= 0.3 is 5.97 Å². The summed E-state index contributed by atoms with van der Waals surface area (Å²) in [6.45, 7) is 1.92. The van der Waals surface area contributed by atoms with E-state index >= 15 is 0 Å². The summed E-state index contributed by atoms with van der Waals surface area (Å²) in [6.07, 6.45) is 3.20. The van der Waals surface area contributed by atoms with Gasteiger partial charge in [-0.05, 0) is 41.6 Å². The largest absolute Gasteiger partial charge is 0.469 e. The first-order valence-corrected chi connectivity index (χ1v) is 8.60. The molecule has 1 amide bonds. The van der Waals surface area contributed by atoms with Gasteiger partial charge in [-0.3, -0.25) is 9.59 Å². The molecule has 2 rings (SSSR count). The zero-order valence-corrected chi connectivity index (χ0v) is 15.0. The van der Waals surface area contributed by atoms with Crippen LogP contribution in [-0.2, 0) is 14.3 Å². The number of esters is 1. The number of carbonyl (C=O) groups is 2. The standard InChI is InChI=1S/C18H18ClNO3S/c1-12-5-6-13(10-14(12)19)7-8-17(21)20-15(11-18(22)23-2)16-4-3-9-24-16/h3-10,15H,11H2,1-2H3,(H,20,21)/b8-7+. The van der Waals surface area contributed by atoms with Gasteiger partial charge in [-0.1, -0.05) is 29.8 Å². The number of amides is 1. The SMILES string of the molecule is COC(=O)CC(NC(=O)/C=C/c1ccc(C)c(Cl)c1)c1cccs1. The van der Waals surface area contributed by atoms with Crippen LogP contribution in [0.3, 0.4) is 0 Å². The van der Waals surface area contributed by atoms with E-state index in [1.165, 1.54) is 24.5 Å². The van der Waals surface area contributed by atoms with Gasteiger partial charge in [0.05, 0.1) is 19.6 Å². The lowest BCUT2D eigenvalue weighted by atomic mass is 10.1. The van der Waals surface area contributed by atoms with Gasteiger partial charge in [0, 0.05) is 16.0 Å². The van der Waals surface area contributed by atoms with Crippen molar-refractivity contribution in [2.75, 3.05) is 7.11 Å². The van der Waals surface area contributed by atoms with Crippen molar-refractivity contribution in [2.45, 2.75) is 19.4 Å². The fraction of sp³-hybridized carbons (Fsp3) is 0.222. The molecule has 0 aliphatic carbocycles. The fourth-order valence-corrected chi connectivity index (χ4v) is 3.03. The van der Waals surface area contributed by atoms with Crippen LogP contribution in [0.25, 0.3) is 6.08 Å². The summed E-state index contributed by atoms with van der Waals surface area (Å²) < 4.78 is 4.70. The van der Waals surface area contributed by atoms with Crippen LogP contribution in [-0.4, -0.2) is 19.0 Å². The van der Waals surface area contributed by atoms with Gasteiger partial charge in [-0.15, -0.1) is 11.3 Å². The summed E-state index contributed by atoms with van der Waals surface area (Å²) in [5, 5.41) is 5.38. The van der Waals surface area contributed by atoms with Crippen molar-refractivity contribution in [2.24, 2.45) is 0 Å². The van der Waals surface area contributed by atoms with Gasteiger partial charge in [0.1, 0.15) is 0 Å². The zero-order valence-electron chi connectivity index (χ0n) is 13.4. The first-order chi connectivity index (χ1) is 11.5. The average molecular weight is 364 g/mol. The molecule has 1 heterocycles. The normalized spacial score (nSPS) is 12.1. The Kier molecular flexibility index (Phi) is 6.58. The molecular formula is C18H18ClNO3S. The van der Waals surface area contributed by atoms with E-state index in [2.05, 4.69) is 5.32 Å². The molecule has 0 spiro atoms. The molecule has 6 heteroatoms. The summed E-state index contributed by atoms with van der Waals surface area (Å²) >= 11 is 7.55. The van der Waals surface area contributed by atoms with Crippen LogP contribution >= 0.6 is 22.9 Å². The highest BCUT2D eigenvalue weighted by Crippen LogP contribution is 2.22. The number of hydrogen-bond donors (Lipinski definition) is 1. The van der Waals surface area contributed by atoms with Crippen LogP contribution < -0.4 is 5.32 Å². The van der Waals surface area contributed by atoms with E-state index in [4.69, 9.17) is 16.3 Å². The van der Waals surface area contributed by atoms with Gasteiger partial charge in [-0.2, -0.15) is 0 Å². The molecule has 0 bridgehead atoms. The molecular weight excluding hydrogens is 346 g/mol. The molecule has 0 radical (unpaired) electrons. The molecule has 0 saturated heterocycles. The molecule has 1 unspecified atom stereocenters. The highest BCUT2D eigenvalue weighted by molar-refractivity contribution is 7.10. The molecule has 0 fully saturated rings. The third-order valence-corrected chi connectivity index (χ3v) is 4.82. The Balaban J connectivity index is 2.05. The van der Waals surface area contributed by atoms with Crippen molar-refractivity contribution in [3.8, 4) is 0 Å². The lowest BCUT2D eigenvalue weighted by molar-refractivity contribution is -0.141. The third-order valence-electron chi connectivity index (χ3n) is 3.42. The number of methoxy groups -OCH3 is 1. The maximum absolute atomic E-state index is 12.2. The Hall–Kier alpha value is -2.11. The van der Waals surface area contributed by atoms with Gasteiger partial charge < -0.3 is 10.1 Å². The van der Waals surface area contributed by atoms with Crippen molar-refractivity contribution in [3.05, 3.63) is 62.8 Å². The summed E-state index contributed by atoms with van der Waals surface area (Å²) in [5.74, 6) is -0.656. The predicted molar refractivity (Wildman–Crippen MR) is 97.1 cm³/mol. The zero-order chi connectivity index (χ0) is 17.5. The van der Waals surface area contributed by atoms with E-state index in [-0.39, 0.29) is 18.3 Å². The van der Waals surface area contributed by atoms with Crippen LogP contribution in [0.15, 0.2) is 41.8 Å². The Morgan fingerprint density at radius 2 is 2.17 bits per heavy atom. The topological polar surface area (TPSA) is 55.4 Å². The maximum atomic E-state index is 12.2. The molecule has 1 atom stereocenters. The van der Waals surface area contributed by atoms with Crippen LogP contribution in [0.5, 0.6) is 0 Å². The lowest BCUT2D eigenvalue weighted by Gasteiger charge is -2.15. The van der Waals surface area contributed by atoms with Gasteiger partial charge in [0.25, 0.3) is 0 Å². The summed E-state index contributed by atoms with van der Waals surface area (Å²) in [4.78, 5) is 24.6. The maximum Gasteiger partial charge on any atom is 0.307 e. The quantitative estimate of drug-likeness (QED) is 0.619. The number of carbonyl (C=O) groups excluding carboxylic acids is 2. The van der Waals surface area contributed by atoms with E-state index in [1.54, 1.807) is 12.1 Å². The molecule has 4 nitrogen and oxygen atoms in total. The number of ether oxygens (including phenoxy) is 1. The van der Waals surface area contributed by atoms with Crippen LogP contribution in [0, 0.1) is 6.92 Å². The number of nitrogens with one attached hydrogen (secondary N) is 1. The van der Waals surface area contributed by atoms with Crippen LogP contribution in [0.1, 0.15) is 28.5 Å². The molecule has 0 aliphatic rings. The number of aryl methyl sites for hydroxylation is 1. The average Bonchev–Trinajstić information content (AvgIpc) is 3.09. The summed E-state index contributed by atoms with van der Waals surface area (Å²) in [7, 11) is 1.33. The van der Waals surface area contributed by atoms with Crippen molar-refractivity contribution >= 4 is 40.9 Å². The van der Waals surface area contributed by atoms with Gasteiger partial charge in [0.15, 0.2) is 0 Å². The first kappa shape index (κ1) is 18.2. The predicted octanol–water partition coefficient (Wildman–Crippen LogP) is 4.14. The van der Waals surface area contributed by atoms with Crippen molar-refractivity contribution in [3.63, 3.8) is 0 Å². The minimum Gasteiger partial charge on any atom is -0.469 e. The van der Waals surface area contributed by atoms with Gasteiger partial charge in [-0.25, -0.2) is 0 Å². The highest BCUT2D eigenvalue weighted by Gasteiger charge is 2.18. The molecule has 1 aromatic carbocycles. The number of rotatable bonds is 6. The van der Waals surface area contributed by atoms with Crippen molar-refractivity contribution < 1.29 is 14.3 Å².